The van der Waals surface area contributed by atoms with Crippen LogP contribution in [-0.4, -0.2) is 25.2 Å². The van der Waals surface area contributed by atoms with Gasteiger partial charge in [-0.25, -0.2) is 0 Å². The number of aryl methyl sites for hydroxylation is 1. The molecular formula is C20H17N3OS. The maximum Gasteiger partial charge on any atom is 0.0568 e. The van der Waals surface area contributed by atoms with Gasteiger partial charge in [-0.05, 0) is 28.6 Å². The summed E-state index contributed by atoms with van der Waals surface area (Å²) >= 11 is 0. The largest absolute Gasteiger partial charge is 0.275 e. The Kier molecular flexibility index (Phi) is 3.93. The van der Waals surface area contributed by atoms with Gasteiger partial charge in [-0.15, -0.1) is 0 Å². The quantitative estimate of drug-likeness (QED) is 0.562. The highest BCUT2D eigenvalue weighted by molar-refractivity contribution is 7.84. The highest BCUT2D eigenvalue weighted by atomic mass is 32.2. The van der Waals surface area contributed by atoms with E-state index in [2.05, 4.69) is 34.3 Å². The maximum absolute atomic E-state index is 11.8. The minimum absolute atomic E-state index is 0.826. The monoisotopic (exact) mass is 347 g/mol. The van der Waals surface area contributed by atoms with Crippen molar-refractivity contribution in [1.82, 2.24) is 14.8 Å². The van der Waals surface area contributed by atoms with Crippen LogP contribution in [-0.2, 0) is 17.8 Å². The molecule has 25 heavy (non-hydrogen) atoms. The lowest BCUT2D eigenvalue weighted by molar-refractivity contribution is 0.687. The van der Waals surface area contributed by atoms with E-state index in [-0.39, 0.29) is 0 Å². The van der Waals surface area contributed by atoms with Crippen LogP contribution in [0.25, 0.3) is 33.0 Å². The highest BCUT2D eigenvalue weighted by Gasteiger charge is 2.08. The van der Waals surface area contributed by atoms with Gasteiger partial charge in [0.05, 0.1) is 6.20 Å². The minimum Gasteiger partial charge on any atom is -0.275 e. The molecule has 2 aromatic heterocycles. The summed E-state index contributed by atoms with van der Waals surface area (Å²) in [6, 6.07) is 14.2. The van der Waals surface area contributed by atoms with Crippen molar-refractivity contribution in [3.63, 3.8) is 0 Å². The molecule has 124 valence electrons. The number of aromatic nitrogens is 3. The molecule has 0 spiro atoms. The normalized spacial score (nSPS) is 12.4. The summed E-state index contributed by atoms with van der Waals surface area (Å²) in [4.78, 5) is 5.18. The van der Waals surface area contributed by atoms with Crippen LogP contribution in [0.3, 0.4) is 0 Å². The molecular weight excluding hydrogens is 330 g/mol. The molecule has 4 nitrogen and oxygen atoms in total. The van der Waals surface area contributed by atoms with Crippen LogP contribution in [0.5, 0.6) is 0 Å². The van der Waals surface area contributed by atoms with Crippen LogP contribution in [0, 0.1) is 0 Å². The van der Waals surface area contributed by atoms with Crippen LogP contribution < -0.4 is 0 Å². The Morgan fingerprint density at radius 1 is 0.920 bits per heavy atom. The van der Waals surface area contributed by atoms with Gasteiger partial charge in [0.15, 0.2) is 0 Å². The first-order chi connectivity index (χ1) is 12.1. The Bertz CT molecular complexity index is 1080. The van der Waals surface area contributed by atoms with Gasteiger partial charge >= 0.3 is 0 Å². The molecule has 0 aliphatic rings. The molecule has 0 unspecified atom stereocenters. The second-order valence-electron chi connectivity index (χ2n) is 6.00. The Labute approximate surface area is 148 Å². The summed E-state index contributed by atoms with van der Waals surface area (Å²) in [5.74, 6) is 0. The zero-order valence-electron chi connectivity index (χ0n) is 14.0. The predicted molar refractivity (Wildman–Crippen MR) is 102 cm³/mol. The second-order valence-corrected chi connectivity index (χ2v) is 7.38. The molecule has 0 amide bonds. The summed E-state index contributed by atoms with van der Waals surface area (Å²) in [5, 5.41) is 6.33. The molecule has 4 rings (SSSR count). The summed E-state index contributed by atoms with van der Waals surface area (Å²) in [5.41, 5.74) is 4.35. The number of nitrogens with zero attached hydrogens (tertiary/aromatic N) is 3. The van der Waals surface area contributed by atoms with Crippen LogP contribution in [0.4, 0.5) is 0 Å². The van der Waals surface area contributed by atoms with Crippen LogP contribution in [0.2, 0.25) is 0 Å². The second kappa shape index (κ2) is 6.26. The van der Waals surface area contributed by atoms with Gasteiger partial charge in [0.25, 0.3) is 0 Å². The summed E-state index contributed by atoms with van der Waals surface area (Å²) in [6.45, 7) is 0. The number of pyridine rings is 1. The highest BCUT2D eigenvalue weighted by Crippen LogP contribution is 2.30. The minimum atomic E-state index is -1.01. The molecule has 0 aliphatic heterocycles. The predicted octanol–water partition coefficient (Wildman–Crippen LogP) is 4.04. The van der Waals surface area contributed by atoms with Crippen LogP contribution in [0.1, 0.15) is 0 Å². The van der Waals surface area contributed by atoms with Gasteiger partial charge in [0.1, 0.15) is 0 Å². The van der Waals surface area contributed by atoms with E-state index in [1.165, 1.54) is 0 Å². The lowest BCUT2D eigenvalue weighted by Crippen LogP contribution is -1.90. The molecule has 0 bridgehead atoms. The molecule has 0 radical (unpaired) electrons. The number of fused-ring (bicyclic) bond motifs is 1. The molecule has 0 saturated heterocycles. The van der Waals surface area contributed by atoms with Crippen molar-refractivity contribution in [3.8, 4) is 22.3 Å². The van der Waals surface area contributed by atoms with Gasteiger partial charge in [-0.1, -0.05) is 30.3 Å². The fraction of sp³-hybridized carbons (Fsp3) is 0.100. The van der Waals surface area contributed by atoms with Crippen molar-refractivity contribution < 1.29 is 4.21 Å². The fourth-order valence-electron chi connectivity index (χ4n) is 2.96. The Morgan fingerprint density at radius 2 is 1.68 bits per heavy atom. The van der Waals surface area contributed by atoms with E-state index in [9.17, 15) is 4.21 Å². The van der Waals surface area contributed by atoms with Gasteiger partial charge in [0, 0.05) is 64.1 Å². The third-order valence-corrected chi connectivity index (χ3v) is 5.22. The fourth-order valence-corrected chi connectivity index (χ4v) is 3.51. The van der Waals surface area contributed by atoms with E-state index in [0.717, 1.165) is 37.9 Å². The van der Waals surface area contributed by atoms with Gasteiger partial charge in [0.2, 0.25) is 0 Å². The molecule has 0 fully saturated rings. The van der Waals surface area contributed by atoms with Gasteiger partial charge in [-0.2, -0.15) is 5.10 Å². The molecule has 5 heteroatoms. The van der Waals surface area contributed by atoms with Crippen molar-refractivity contribution in [2.75, 3.05) is 6.26 Å². The third-order valence-electron chi connectivity index (χ3n) is 4.30. The average molecular weight is 347 g/mol. The lowest BCUT2D eigenvalue weighted by atomic mass is 9.99. The van der Waals surface area contributed by atoms with Crippen molar-refractivity contribution in [2.45, 2.75) is 4.90 Å². The van der Waals surface area contributed by atoms with E-state index in [1.807, 2.05) is 50.0 Å². The molecule has 2 heterocycles. The van der Waals surface area contributed by atoms with Crippen LogP contribution in [0.15, 0.2) is 72.1 Å². The third kappa shape index (κ3) is 2.98. The molecule has 2 aromatic carbocycles. The zero-order chi connectivity index (χ0) is 17.4. The lowest BCUT2D eigenvalue weighted by Gasteiger charge is -2.08. The molecule has 0 N–H and O–H groups in total. The number of rotatable bonds is 3. The van der Waals surface area contributed by atoms with E-state index in [4.69, 9.17) is 0 Å². The van der Waals surface area contributed by atoms with Gasteiger partial charge < -0.3 is 0 Å². The molecule has 4 aromatic rings. The first-order valence-corrected chi connectivity index (χ1v) is 9.48. The summed E-state index contributed by atoms with van der Waals surface area (Å²) in [7, 11) is 0.906. The van der Waals surface area contributed by atoms with Gasteiger partial charge in [-0.3, -0.25) is 13.9 Å². The van der Waals surface area contributed by atoms with Crippen molar-refractivity contribution in [2.24, 2.45) is 7.05 Å². The van der Waals surface area contributed by atoms with Crippen molar-refractivity contribution in [3.05, 3.63) is 67.3 Å². The first kappa shape index (κ1) is 15.7. The van der Waals surface area contributed by atoms with Crippen LogP contribution >= 0.6 is 0 Å². The first-order valence-electron chi connectivity index (χ1n) is 7.92. The number of hydrogen-bond donors (Lipinski definition) is 0. The summed E-state index contributed by atoms with van der Waals surface area (Å²) in [6.07, 6.45) is 9.26. The zero-order valence-corrected chi connectivity index (χ0v) is 14.8. The SMILES string of the molecule is Cn1cc(-c2ccc(-c3cncc4ccc([S@](C)=O)cc34)cc2)cn1. The standard InChI is InChI=1S/C20H17N3OS/c1-23-13-17(11-22-23)14-3-5-15(6-4-14)20-12-21-10-16-7-8-18(25(2)24)9-19(16)20/h3-13H,1-2H3/t25-/m0/s1. The van der Waals surface area contributed by atoms with Crippen molar-refractivity contribution in [1.29, 1.82) is 0 Å². The molecule has 0 saturated carbocycles. The Morgan fingerprint density at radius 3 is 2.36 bits per heavy atom. The van der Waals surface area contributed by atoms with E-state index < -0.39 is 10.8 Å². The average Bonchev–Trinajstić information content (AvgIpc) is 3.07. The number of benzene rings is 2. The molecule has 0 aliphatic carbocycles. The van der Waals surface area contributed by atoms with E-state index in [0.29, 0.717) is 0 Å². The van der Waals surface area contributed by atoms with Crippen molar-refractivity contribution >= 4 is 21.6 Å². The smallest absolute Gasteiger partial charge is 0.0568 e. The maximum atomic E-state index is 11.8. The Balaban J connectivity index is 1.81. The van der Waals surface area contributed by atoms with E-state index in [1.54, 1.807) is 10.9 Å². The Hall–Kier alpha value is -2.79. The topological polar surface area (TPSA) is 47.8 Å². The van der Waals surface area contributed by atoms with E-state index >= 15 is 0 Å². The number of hydrogen-bond acceptors (Lipinski definition) is 3. The molecule has 1 atom stereocenters. The summed E-state index contributed by atoms with van der Waals surface area (Å²) < 4.78 is 13.6.